The van der Waals surface area contributed by atoms with Crippen LogP contribution >= 0.6 is 0 Å². The highest BCUT2D eigenvalue weighted by molar-refractivity contribution is 5.92. The number of unbranched alkanes of at least 4 members (excludes halogenated alkanes) is 6. The molecule has 3 rings (SSSR count). The summed E-state index contributed by atoms with van der Waals surface area (Å²) in [6, 6.07) is -3.94. The van der Waals surface area contributed by atoms with E-state index in [0.29, 0.717) is 32.2 Å². The highest BCUT2D eigenvalue weighted by Crippen LogP contribution is 2.33. The Hall–Kier alpha value is -5.04. The quantitative estimate of drug-likeness (QED) is 0.0286. The van der Waals surface area contributed by atoms with Gasteiger partial charge < -0.3 is 139 Å². The van der Waals surface area contributed by atoms with E-state index >= 15 is 0 Å². The average molecular weight is 1540 g/mol. The minimum Gasteiger partial charge on any atom is -0.394 e. The van der Waals surface area contributed by atoms with Gasteiger partial charge in [-0.25, -0.2) is 0 Å². The fraction of sp³-hybridized carbons (Fsp3) is 0.887. The lowest BCUT2D eigenvalue weighted by molar-refractivity contribution is -0.272. The summed E-state index contributed by atoms with van der Waals surface area (Å²) in [6.45, 7) is 16.2. The molecule has 0 spiro atoms. The maximum Gasteiger partial charge on any atom is 0.246 e. The number of amides is 8. The zero-order valence-corrected chi connectivity index (χ0v) is 64.3. The number of hydrogen-bond donors (Lipinski definition) is 13. The summed E-state index contributed by atoms with van der Waals surface area (Å²) in [4.78, 5) is 102. The van der Waals surface area contributed by atoms with Crippen LogP contribution in [-0.4, -0.2) is 331 Å². The van der Waals surface area contributed by atoms with Crippen LogP contribution in [0.3, 0.4) is 0 Å². The predicted octanol–water partition coefficient (Wildman–Crippen LogP) is -2.25. The van der Waals surface area contributed by atoms with Crippen molar-refractivity contribution in [3.63, 3.8) is 0 Å². The first kappa shape index (κ1) is 96.2. The van der Waals surface area contributed by atoms with Crippen molar-refractivity contribution in [1.82, 2.24) is 42.5 Å². The van der Waals surface area contributed by atoms with E-state index in [0.717, 1.165) is 32.1 Å². The molecule has 0 aromatic heterocycles. The Labute approximate surface area is 630 Å². The van der Waals surface area contributed by atoms with E-state index in [-0.39, 0.29) is 225 Å². The minimum absolute atomic E-state index is 0.00302. The van der Waals surface area contributed by atoms with Gasteiger partial charge in [-0.3, -0.25) is 38.4 Å². The predicted molar refractivity (Wildman–Crippen MR) is 383 cm³/mol. The topological polar surface area (TPSA) is 472 Å². The molecule has 0 aromatic carbocycles. The summed E-state index contributed by atoms with van der Waals surface area (Å²) in [5, 5.41) is 72.2. The van der Waals surface area contributed by atoms with Crippen LogP contribution in [0.25, 0.3) is 0 Å². The van der Waals surface area contributed by atoms with Crippen molar-refractivity contribution >= 4 is 47.3 Å². The standard InChI is InChI=1S/C71H130N8O28/c1-9-10-11-12-15-22-74-67(91)54(18-13-16-20-72-59(86)44-99-33-30-94-24-28-98-37-40-104-71-64(77-53(8)85)66(90)65(89)58(43-82)107-71)79-68(92)55(78-61(88)46-101-34-31-95-25-27-97-36-39-103-70-63(76-52(7)84)50(5)48(3)57(42-81)106-70)19-14-17-21-73-60(87)45-100-32-29-93-23-26-96-35-38-102-69-62(75-51(6)83)49(4)47(2)56(41-80)105-69/h47-50,54-58,62-66,69-71,80-82,89-90H,9-46H2,1-8H3,(H,72,86)(H,73,87)(H,74,91)(H,75,83)(H,76,84)(H,77,85)(H,78,88)(H,79,92)/t47-,48-,49+,50+,54?,55?,56-,57-,58-,62-,63-,64-,65+,66-,69-,70-,71-/m1/s1. The molecule has 107 heavy (non-hydrogen) atoms. The Bertz CT molecular complexity index is 2440. The number of ether oxygens (including phenoxy) is 15. The molecule has 2 unspecified atom stereocenters. The molecule has 0 bridgehead atoms. The van der Waals surface area contributed by atoms with Gasteiger partial charge in [0.1, 0.15) is 56.3 Å². The first-order chi connectivity index (χ1) is 51.6. The molecule has 3 aliphatic rings. The van der Waals surface area contributed by atoms with Gasteiger partial charge >= 0.3 is 0 Å². The van der Waals surface area contributed by atoms with Crippen LogP contribution in [0.15, 0.2) is 0 Å². The Morgan fingerprint density at radius 1 is 0.355 bits per heavy atom. The lowest BCUT2D eigenvalue weighted by Gasteiger charge is -2.44. The molecule has 0 radical (unpaired) electrons. The Kier molecular flexibility index (Phi) is 52.9. The van der Waals surface area contributed by atoms with Gasteiger partial charge in [-0.1, -0.05) is 60.3 Å². The second-order valence-corrected chi connectivity index (χ2v) is 26.8. The number of carbonyl (C=O) groups excluding carboxylic acids is 8. The molecule has 17 atom stereocenters. The zero-order valence-electron chi connectivity index (χ0n) is 64.3. The minimum atomic E-state index is -1.43. The molecule has 36 nitrogen and oxygen atoms in total. The zero-order chi connectivity index (χ0) is 78.6. The third-order valence-corrected chi connectivity index (χ3v) is 18.3. The maximum absolute atomic E-state index is 14.2. The van der Waals surface area contributed by atoms with Crippen molar-refractivity contribution in [1.29, 1.82) is 0 Å². The Morgan fingerprint density at radius 3 is 1.07 bits per heavy atom. The molecule has 622 valence electrons. The third-order valence-electron chi connectivity index (χ3n) is 18.3. The van der Waals surface area contributed by atoms with Gasteiger partial charge in [-0.05, 0) is 68.6 Å². The number of rotatable bonds is 62. The summed E-state index contributed by atoms with van der Waals surface area (Å²) in [6.07, 6.45) is -0.656. The molecule has 0 aromatic rings. The van der Waals surface area contributed by atoms with E-state index < -0.39 is 110 Å². The molecule has 3 aliphatic heterocycles. The second-order valence-electron chi connectivity index (χ2n) is 26.8. The molecule has 3 saturated heterocycles. The van der Waals surface area contributed by atoms with E-state index in [1.54, 1.807) is 0 Å². The van der Waals surface area contributed by atoms with Crippen LogP contribution in [0.2, 0.25) is 0 Å². The van der Waals surface area contributed by atoms with Gasteiger partial charge in [0.15, 0.2) is 18.9 Å². The van der Waals surface area contributed by atoms with Gasteiger partial charge in [0.05, 0.1) is 163 Å². The summed E-state index contributed by atoms with van der Waals surface area (Å²) >= 11 is 0. The van der Waals surface area contributed by atoms with Crippen molar-refractivity contribution in [2.45, 2.75) is 206 Å². The van der Waals surface area contributed by atoms with Gasteiger partial charge in [0.25, 0.3) is 0 Å². The lowest BCUT2D eigenvalue weighted by atomic mass is 9.82. The van der Waals surface area contributed by atoms with Crippen molar-refractivity contribution in [2.75, 3.05) is 178 Å². The lowest BCUT2D eigenvalue weighted by Crippen LogP contribution is -2.64. The Morgan fingerprint density at radius 2 is 0.682 bits per heavy atom. The SMILES string of the molecule is CCCCCCCNC(=O)C(CCCCNC(=O)COCCOCCOCCO[C@@H]1O[C@H](CO)[C@H](O)[C@H](O)[C@H]1NC(C)=O)NC(=O)C(CCCCNC(=O)COCCOCCOCCO[C@@H]1O[C@H](CO)[C@H](C)[C@H](C)[C@H]1NC(C)=O)NC(=O)COCCOCCOCCO[C@@H]1O[C@H](CO)[C@H](C)[C@H](C)[C@H]1NC(C)=O. The first-order valence-corrected chi connectivity index (χ1v) is 38.0. The summed E-state index contributed by atoms with van der Waals surface area (Å²) in [5.41, 5.74) is 0. The molecule has 13 N–H and O–H groups in total. The molecule has 36 heteroatoms. The number of carbonyl (C=O) groups is 8. The van der Waals surface area contributed by atoms with Crippen molar-refractivity contribution in [3.8, 4) is 0 Å². The molecular formula is C71H130N8O28. The maximum atomic E-state index is 14.2. The molecule has 8 amide bonds. The molecule has 3 heterocycles. The van der Waals surface area contributed by atoms with E-state index in [4.69, 9.17) is 71.1 Å². The number of hydrogen-bond acceptors (Lipinski definition) is 28. The van der Waals surface area contributed by atoms with Crippen LogP contribution < -0.4 is 42.5 Å². The molecular weight excluding hydrogens is 1410 g/mol. The van der Waals surface area contributed by atoms with Crippen LogP contribution in [0.5, 0.6) is 0 Å². The Balaban J connectivity index is 1.44. The van der Waals surface area contributed by atoms with Gasteiger partial charge in [-0.15, -0.1) is 0 Å². The van der Waals surface area contributed by atoms with Crippen LogP contribution in [0, 0.1) is 23.7 Å². The van der Waals surface area contributed by atoms with Crippen molar-refractivity contribution < 1.29 is 135 Å². The number of aliphatic hydroxyl groups excluding tert-OH is 5. The number of nitrogens with one attached hydrogen (secondary N) is 8. The normalized spacial score (nSPS) is 24.9. The highest BCUT2D eigenvalue weighted by Gasteiger charge is 2.46. The second kappa shape index (κ2) is 58.8. The summed E-state index contributed by atoms with van der Waals surface area (Å²) < 4.78 is 84.9. The van der Waals surface area contributed by atoms with Gasteiger partial charge in [0, 0.05) is 40.4 Å². The highest BCUT2D eigenvalue weighted by atomic mass is 16.7. The van der Waals surface area contributed by atoms with E-state index in [2.05, 4.69) is 49.5 Å². The van der Waals surface area contributed by atoms with Crippen molar-refractivity contribution in [2.24, 2.45) is 23.7 Å². The van der Waals surface area contributed by atoms with Crippen LogP contribution in [0.4, 0.5) is 0 Å². The number of aliphatic hydroxyl groups is 5. The fourth-order valence-electron chi connectivity index (χ4n) is 11.9. The third kappa shape index (κ3) is 41.2. The summed E-state index contributed by atoms with van der Waals surface area (Å²) in [7, 11) is 0. The monoisotopic (exact) mass is 1540 g/mol. The summed E-state index contributed by atoms with van der Waals surface area (Å²) in [5.74, 6) is -3.25. The first-order valence-electron chi connectivity index (χ1n) is 38.0. The average Bonchev–Trinajstić information content (AvgIpc) is 0.807. The molecule has 0 saturated carbocycles. The van der Waals surface area contributed by atoms with E-state index in [1.807, 2.05) is 27.7 Å². The van der Waals surface area contributed by atoms with Gasteiger partial charge in [-0.2, -0.15) is 0 Å². The van der Waals surface area contributed by atoms with Gasteiger partial charge in [0.2, 0.25) is 47.3 Å². The molecule has 3 fully saturated rings. The smallest absolute Gasteiger partial charge is 0.246 e. The fourth-order valence-corrected chi connectivity index (χ4v) is 11.9. The van der Waals surface area contributed by atoms with Crippen molar-refractivity contribution in [3.05, 3.63) is 0 Å². The van der Waals surface area contributed by atoms with E-state index in [9.17, 15) is 63.9 Å². The molecule has 0 aliphatic carbocycles. The van der Waals surface area contributed by atoms with Crippen LogP contribution in [0.1, 0.15) is 126 Å². The van der Waals surface area contributed by atoms with Crippen LogP contribution in [-0.2, 0) is 109 Å². The largest absolute Gasteiger partial charge is 0.394 e. The van der Waals surface area contributed by atoms with E-state index in [1.165, 1.54) is 20.8 Å².